The number of aryl methyl sites for hydroxylation is 1. The molecule has 1 amide bonds. The molecule has 0 radical (unpaired) electrons. The standard InChI is InChI=1S/C22H18N4O3S/c1-14-12-16(15(2)25(14)18-8-10-19(11-9-18)26(28)29)13-20-21(27)24-22(30-20)23-17-6-4-3-5-7-17/h3-13H,1-2H3,(H,23,24,27)/b20-13+. The lowest BCUT2D eigenvalue weighted by Crippen LogP contribution is -2.19. The van der Waals surface area contributed by atoms with Gasteiger partial charge in [-0.25, -0.2) is 4.99 Å². The molecule has 8 heteroatoms. The van der Waals surface area contributed by atoms with Crippen LogP contribution in [0.15, 0.2) is 70.6 Å². The first-order valence-corrected chi connectivity index (χ1v) is 10.0. The molecule has 150 valence electrons. The first-order chi connectivity index (χ1) is 14.4. The molecule has 4 rings (SSSR count). The van der Waals surface area contributed by atoms with Gasteiger partial charge < -0.3 is 9.88 Å². The van der Waals surface area contributed by atoms with E-state index in [-0.39, 0.29) is 11.6 Å². The molecule has 0 aliphatic carbocycles. The number of para-hydroxylation sites is 1. The number of carbonyl (C=O) groups excluding carboxylic acids is 1. The van der Waals surface area contributed by atoms with E-state index in [1.807, 2.05) is 60.9 Å². The molecule has 1 saturated heterocycles. The molecule has 1 aliphatic rings. The van der Waals surface area contributed by atoms with Gasteiger partial charge in [0.05, 0.1) is 15.5 Å². The molecule has 3 aromatic rings. The Bertz CT molecular complexity index is 1200. The maximum atomic E-state index is 12.4. The Balaban J connectivity index is 1.63. The zero-order chi connectivity index (χ0) is 21.3. The van der Waals surface area contributed by atoms with Gasteiger partial charge in [-0.3, -0.25) is 14.9 Å². The normalized spacial score (nSPS) is 16.3. The smallest absolute Gasteiger partial charge is 0.269 e. The molecule has 1 aliphatic heterocycles. The van der Waals surface area contributed by atoms with Crippen LogP contribution in [0.1, 0.15) is 17.0 Å². The van der Waals surface area contributed by atoms with Crippen LogP contribution in [-0.4, -0.2) is 20.6 Å². The number of aliphatic imine (C=N–C) groups is 1. The largest absolute Gasteiger partial charge is 0.318 e. The van der Waals surface area contributed by atoms with Crippen molar-refractivity contribution < 1.29 is 9.72 Å². The van der Waals surface area contributed by atoms with E-state index in [1.54, 1.807) is 12.1 Å². The highest BCUT2D eigenvalue weighted by Crippen LogP contribution is 2.30. The zero-order valence-electron chi connectivity index (χ0n) is 16.3. The minimum atomic E-state index is -0.417. The number of nitro groups is 1. The van der Waals surface area contributed by atoms with E-state index in [1.165, 1.54) is 23.9 Å². The molecule has 30 heavy (non-hydrogen) atoms. The number of hydrogen-bond donors (Lipinski definition) is 1. The average molecular weight is 418 g/mol. The molecule has 1 aromatic heterocycles. The molecule has 1 N–H and O–H groups in total. The third kappa shape index (κ3) is 3.90. The van der Waals surface area contributed by atoms with Crippen molar-refractivity contribution in [2.45, 2.75) is 13.8 Å². The lowest BCUT2D eigenvalue weighted by molar-refractivity contribution is -0.384. The summed E-state index contributed by atoms with van der Waals surface area (Å²) in [7, 11) is 0. The van der Waals surface area contributed by atoms with Gasteiger partial charge in [-0.1, -0.05) is 18.2 Å². The number of amides is 1. The van der Waals surface area contributed by atoms with Gasteiger partial charge in [0.25, 0.3) is 11.6 Å². The summed E-state index contributed by atoms with van der Waals surface area (Å²) in [6.45, 7) is 3.91. The van der Waals surface area contributed by atoms with Crippen molar-refractivity contribution >= 4 is 40.3 Å². The van der Waals surface area contributed by atoms with Gasteiger partial charge in [0.2, 0.25) is 0 Å². The monoisotopic (exact) mass is 418 g/mol. The Morgan fingerprint density at radius 3 is 2.47 bits per heavy atom. The molecule has 0 bridgehead atoms. The highest BCUT2D eigenvalue weighted by molar-refractivity contribution is 8.18. The van der Waals surface area contributed by atoms with Crippen molar-refractivity contribution in [1.29, 1.82) is 0 Å². The summed E-state index contributed by atoms with van der Waals surface area (Å²) in [5.41, 5.74) is 4.47. The van der Waals surface area contributed by atoms with Crippen molar-refractivity contribution in [2.24, 2.45) is 4.99 Å². The number of hydrogen-bond acceptors (Lipinski definition) is 5. The Kier molecular flexibility index (Phi) is 5.24. The minimum Gasteiger partial charge on any atom is -0.318 e. The summed E-state index contributed by atoms with van der Waals surface area (Å²) in [5.74, 6) is -0.185. The molecule has 0 saturated carbocycles. The van der Waals surface area contributed by atoms with Crippen LogP contribution in [0, 0.1) is 24.0 Å². The van der Waals surface area contributed by atoms with Gasteiger partial charge in [0.15, 0.2) is 5.17 Å². The molecule has 0 atom stereocenters. The summed E-state index contributed by atoms with van der Waals surface area (Å²) in [5, 5.41) is 14.2. The quantitative estimate of drug-likeness (QED) is 0.371. The lowest BCUT2D eigenvalue weighted by Gasteiger charge is -2.09. The SMILES string of the molecule is Cc1cc(/C=C2/SC(=Nc3ccccc3)NC2=O)c(C)n1-c1ccc([N+](=O)[O-])cc1. The minimum absolute atomic E-state index is 0.0489. The maximum absolute atomic E-state index is 12.4. The Morgan fingerprint density at radius 2 is 1.80 bits per heavy atom. The van der Waals surface area contributed by atoms with Crippen LogP contribution in [0.2, 0.25) is 0 Å². The van der Waals surface area contributed by atoms with Crippen molar-refractivity contribution in [3.8, 4) is 5.69 Å². The van der Waals surface area contributed by atoms with Crippen LogP contribution in [0.3, 0.4) is 0 Å². The van der Waals surface area contributed by atoms with Crippen molar-refractivity contribution in [2.75, 3.05) is 0 Å². The van der Waals surface area contributed by atoms with Crippen LogP contribution in [0.5, 0.6) is 0 Å². The molecular weight excluding hydrogens is 400 g/mol. The van der Waals surface area contributed by atoms with E-state index in [2.05, 4.69) is 10.3 Å². The third-order valence-corrected chi connectivity index (χ3v) is 5.62. The molecule has 2 aromatic carbocycles. The fourth-order valence-corrected chi connectivity index (χ4v) is 4.13. The summed E-state index contributed by atoms with van der Waals surface area (Å²) in [6, 6.07) is 17.8. The van der Waals surface area contributed by atoms with E-state index < -0.39 is 4.92 Å². The Labute approximate surface area is 177 Å². The van der Waals surface area contributed by atoms with Crippen LogP contribution in [0.4, 0.5) is 11.4 Å². The van der Waals surface area contributed by atoms with Gasteiger partial charge in [-0.2, -0.15) is 0 Å². The van der Waals surface area contributed by atoms with E-state index in [0.717, 1.165) is 28.3 Å². The van der Waals surface area contributed by atoms with Crippen LogP contribution in [-0.2, 0) is 4.79 Å². The first-order valence-electron chi connectivity index (χ1n) is 9.21. The highest BCUT2D eigenvalue weighted by Gasteiger charge is 2.24. The second-order valence-electron chi connectivity index (χ2n) is 6.75. The van der Waals surface area contributed by atoms with E-state index >= 15 is 0 Å². The maximum Gasteiger partial charge on any atom is 0.269 e. The predicted octanol–water partition coefficient (Wildman–Crippen LogP) is 4.89. The number of nitro benzene ring substituents is 1. The van der Waals surface area contributed by atoms with Crippen LogP contribution >= 0.6 is 11.8 Å². The summed E-state index contributed by atoms with van der Waals surface area (Å²) < 4.78 is 2.01. The van der Waals surface area contributed by atoms with Gasteiger partial charge in [-0.05, 0) is 67.6 Å². The first kappa shape index (κ1) is 19.7. The third-order valence-electron chi connectivity index (χ3n) is 4.71. The topological polar surface area (TPSA) is 89.5 Å². The van der Waals surface area contributed by atoms with Gasteiger partial charge >= 0.3 is 0 Å². The second kappa shape index (κ2) is 8.00. The lowest BCUT2D eigenvalue weighted by atomic mass is 10.2. The molecule has 1 fully saturated rings. The second-order valence-corrected chi connectivity index (χ2v) is 7.78. The highest BCUT2D eigenvalue weighted by atomic mass is 32.2. The number of carbonyl (C=O) groups is 1. The van der Waals surface area contributed by atoms with Gasteiger partial charge in [0, 0.05) is 29.2 Å². The zero-order valence-corrected chi connectivity index (χ0v) is 17.1. The fourth-order valence-electron chi connectivity index (χ4n) is 3.30. The molecular formula is C22H18N4O3S. The summed E-state index contributed by atoms with van der Waals surface area (Å²) in [6.07, 6.45) is 1.84. The Morgan fingerprint density at radius 1 is 1.10 bits per heavy atom. The number of aromatic nitrogens is 1. The van der Waals surface area contributed by atoms with Gasteiger partial charge in [-0.15, -0.1) is 0 Å². The van der Waals surface area contributed by atoms with E-state index in [0.29, 0.717) is 10.1 Å². The van der Waals surface area contributed by atoms with Crippen molar-refractivity contribution in [3.63, 3.8) is 0 Å². The van der Waals surface area contributed by atoms with Crippen molar-refractivity contribution in [1.82, 2.24) is 9.88 Å². The number of non-ortho nitro benzene ring substituents is 1. The summed E-state index contributed by atoms with van der Waals surface area (Å²) >= 11 is 1.30. The molecule has 0 unspecified atom stereocenters. The number of benzene rings is 2. The number of nitrogens with zero attached hydrogens (tertiary/aromatic N) is 3. The average Bonchev–Trinajstić information content (AvgIpc) is 3.21. The van der Waals surface area contributed by atoms with Crippen LogP contribution < -0.4 is 5.32 Å². The number of rotatable bonds is 4. The summed E-state index contributed by atoms with van der Waals surface area (Å²) in [4.78, 5) is 27.9. The number of nitrogens with one attached hydrogen (secondary N) is 1. The van der Waals surface area contributed by atoms with Gasteiger partial charge in [0.1, 0.15) is 0 Å². The fraction of sp³-hybridized carbons (Fsp3) is 0.0909. The number of thioether (sulfide) groups is 1. The molecule has 7 nitrogen and oxygen atoms in total. The molecule has 0 spiro atoms. The Hall–Kier alpha value is -3.65. The van der Waals surface area contributed by atoms with Crippen LogP contribution in [0.25, 0.3) is 11.8 Å². The van der Waals surface area contributed by atoms with E-state index in [4.69, 9.17) is 0 Å². The van der Waals surface area contributed by atoms with Crippen molar-refractivity contribution in [3.05, 3.63) is 92.6 Å². The van der Waals surface area contributed by atoms with E-state index in [9.17, 15) is 14.9 Å². The molecule has 2 heterocycles. The predicted molar refractivity (Wildman–Crippen MR) is 119 cm³/mol. The number of amidine groups is 1.